The van der Waals surface area contributed by atoms with E-state index in [9.17, 15) is 0 Å². The monoisotopic (exact) mass is 247 g/mol. The zero-order valence-corrected chi connectivity index (χ0v) is 11.6. The number of nitrogens with two attached hydrogens (primary N) is 1. The summed E-state index contributed by atoms with van der Waals surface area (Å²) in [6, 6.07) is 4.20. The van der Waals surface area contributed by atoms with E-state index in [0.29, 0.717) is 0 Å². The number of hydrogen-bond acceptors (Lipinski definition) is 3. The minimum atomic E-state index is 0.0785. The van der Waals surface area contributed by atoms with Crippen molar-refractivity contribution < 1.29 is 0 Å². The van der Waals surface area contributed by atoms with Crippen molar-refractivity contribution in [1.29, 1.82) is 0 Å². The molecule has 0 aliphatic heterocycles. The summed E-state index contributed by atoms with van der Waals surface area (Å²) in [5.74, 6) is 1.89. The first-order chi connectivity index (χ1) is 8.66. The standard InChI is InChI=1S/C15H25N3/c1-12(16)14-8-9-17-15(10-14)18(2)11-13-6-4-3-5-7-13/h8-10,12-13H,3-7,11,16H2,1-2H3. The highest BCUT2D eigenvalue weighted by Gasteiger charge is 2.16. The lowest BCUT2D eigenvalue weighted by Crippen LogP contribution is -2.27. The summed E-state index contributed by atoms with van der Waals surface area (Å²) in [5.41, 5.74) is 7.08. The van der Waals surface area contributed by atoms with Crippen LogP contribution in [0.4, 0.5) is 5.82 Å². The Bertz CT molecular complexity index is 370. The highest BCUT2D eigenvalue weighted by Crippen LogP contribution is 2.25. The molecular formula is C15H25N3. The van der Waals surface area contributed by atoms with Gasteiger partial charge in [-0.05, 0) is 43.4 Å². The van der Waals surface area contributed by atoms with Gasteiger partial charge < -0.3 is 10.6 Å². The van der Waals surface area contributed by atoms with Crippen LogP contribution >= 0.6 is 0 Å². The lowest BCUT2D eigenvalue weighted by molar-refractivity contribution is 0.361. The van der Waals surface area contributed by atoms with E-state index in [4.69, 9.17) is 5.73 Å². The Balaban J connectivity index is 1.99. The first-order valence-corrected chi connectivity index (χ1v) is 7.09. The summed E-state index contributed by atoms with van der Waals surface area (Å²) in [5, 5.41) is 0. The Labute approximate surface area is 110 Å². The maximum atomic E-state index is 5.92. The zero-order chi connectivity index (χ0) is 13.0. The fraction of sp³-hybridized carbons (Fsp3) is 0.667. The summed E-state index contributed by atoms with van der Waals surface area (Å²) in [6.45, 7) is 3.13. The van der Waals surface area contributed by atoms with Crippen molar-refractivity contribution in [3.8, 4) is 0 Å². The fourth-order valence-electron chi connectivity index (χ4n) is 2.78. The summed E-state index contributed by atoms with van der Waals surface area (Å²) in [7, 11) is 2.14. The second-order valence-electron chi connectivity index (χ2n) is 5.62. The second kappa shape index (κ2) is 6.19. The number of nitrogens with zero attached hydrogens (tertiary/aromatic N) is 2. The van der Waals surface area contributed by atoms with Crippen LogP contribution in [0, 0.1) is 5.92 Å². The van der Waals surface area contributed by atoms with E-state index in [1.165, 1.54) is 32.1 Å². The van der Waals surface area contributed by atoms with Crippen LogP contribution in [0.5, 0.6) is 0 Å². The molecule has 1 aliphatic carbocycles. The molecule has 1 aromatic heterocycles. The molecule has 2 rings (SSSR count). The number of rotatable bonds is 4. The van der Waals surface area contributed by atoms with Crippen LogP contribution in [0.25, 0.3) is 0 Å². The van der Waals surface area contributed by atoms with E-state index < -0.39 is 0 Å². The molecular weight excluding hydrogens is 222 g/mol. The molecule has 1 saturated carbocycles. The predicted octanol–water partition coefficient (Wildman–Crippen LogP) is 3.12. The molecule has 1 atom stereocenters. The van der Waals surface area contributed by atoms with E-state index in [0.717, 1.165) is 23.8 Å². The van der Waals surface area contributed by atoms with Crippen LogP contribution in [0.2, 0.25) is 0 Å². The van der Waals surface area contributed by atoms with Gasteiger partial charge in [-0.15, -0.1) is 0 Å². The Kier molecular flexibility index (Phi) is 4.59. The maximum Gasteiger partial charge on any atom is 0.128 e. The quantitative estimate of drug-likeness (QED) is 0.889. The normalized spacial score (nSPS) is 18.6. The van der Waals surface area contributed by atoms with Crippen molar-refractivity contribution in [2.24, 2.45) is 11.7 Å². The number of anilines is 1. The first-order valence-electron chi connectivity index (χ1n) is 7.09. The lowest BCUT2D eigenvalue weighted by atomic mass is 9.89. The average molecular weight is 247 g/mol. The molecule has 0 radical (unpaired) electrons. The van der Waals surface area contributed by atoms with Gasteiger partial charge >= 0.3 is 0 Å². The molecule has 3 heteroatoms. The molecule has 1 aromatic rings. The summed E-state index contributed by atoms with van der Waals surface area (Å²) in [6.07, 6.45) is 8.82. The highest BCUT2D eigenvalue weighted by molar-refractivity contribution is 5.40. The second-order valence-corrected chi connectivity index (χ2v) is 5.62. The zero-order valence-electron chi connectivity index (χ0n) is 11.6. The van der Waals surface area contributed by atoms with E-state index in [1.807, 2.05) is 19.2 Å². The number of aromatic nitrogens is 1. The van der Waals surface area contributed by atoms with Crippen molar-refractivity contribution in [2.75, 3.05) is 18.5 Å². The van der Waals surface area contributed by atoms with Gasteiger partial charge in [0.25, 0.3) is 0 Å². The summed E-state index contributed by atoms with van der Waals surface area (Å²) < 4.78 is 0. The summed E-state index contributed by atoms with van der Waals surface area (Å²) in [4.78, 5) is 6.74. The van der Waals surface area contributed by atoms with Gasteiger partial charge in [-0.2, -0.15) is 0 Å². The van der Waals surface area contributed by atoms with E-state index in [1.54, 1.807) is 0 Å². The molecule has 0 bridgehead atoms. The van der Waals surface area contributed by atoms with Crippen molar-refractivity contribution in [3.05, 3.63) is 23.9 Å². The van der Waals surface area contributed by atoms with E-state index >= 15 is 0 Å². The van der Waals surface area contributed by atoms with Crippen molar-refractivity contribution >= 4 is 5.82 Å². The number of hydrogen-bond donors (Lipinski definition) is 1. The number of pyridine rings is 1. The lowest BCUT2D eigenvalue weighted by Gasteiger charge is -2.28. The molecule has 0 spiro atoms. The highest BCUT2D eigenvalue weighted by atomic mass is 15.2. The van der Waals surface area contributed by atoms with Crippen LogP contribution in [-0.4, -0.2) is 18.6 Å². The van der Waals surface area contributed by atoms with E-state index in [-0.39, 0.29) is 6.04 Å². The molecule has 1 unspecified atom stereocenters. The smallest absolute Gasteiger partial charge is 0.128 e. The molecule has 2 N–H and O–H groups in total. The Morgan fingerprint density at radius 1 is 1.39 bits per heavy atom. The van der Waals surface area contributed by atoms with Crippen LogP contribution in [0.1, 0.15) is 50.6 Å². The molecule has 18 heavy (non-hydrogen) atoms. The van der Waals surface area contributed by atoms with Gasteiger partial charge in [-0.25, -0.2) is 4.98 Å². The van der Waals surface area contributed by atoms with Gasteiger partial charge in [0, 0.05) is 25.8 Å². The first kappa shape index (κ1) is 13.3. The van der Waals surface area contributed by atoms with Gasteiger partial charge in [0.05, 0.1) is 0 Å². The van der Waals surface area contributed by atoms with Gasteiger partial charge in [0.2, 0.25) is 0 Å². The molecule has 0 amide bonds. The van der Waals surface area contributed by atoms with E-state index in [2.05, 4.69) is 23.0 Å². The van der Waals surface area contributed by atoms with Gasteiger partial charge in [-0.1, -0.05) is 19.3 Å². The third-order valence-corrected chi connectivity index (χ3v) is 3.94. The van der Waals surface area contributed by atoms with Crippen molar-refractivity contribution in [2.45, 2.75) is 45.1 Å². The van der Waals surface area contributed by atoms with Crippen molar-refractivity contribution in [1.82, 2.24) is 4.98 Å². The van der Waals surface area contributed by atoms with Crippen LogP contribution in [0.3, 0.4) is 0 Å². The minimum Gasteiger partial charge on any atom is -0.359 e. The maximum absolute atomic E-state index is 5.92. The Morgan fingerprint density at radius 2 is 2.11 bits per heavy atom. The van der Waals surface area contributed by atoms with Crippen LogP contribution < -0.4 is 10.6 Å². The molecule has 3 nitrogen and oxygen atoms in total. The third-order valence-electron chi connectivity index (χ3n) is 3.94. The topological polar surface area (TPSA) is 42.1 Å². The van der Waals surface area contributed by atoms with Gasteiger partial charge in [0.15, 0.2) is 0 Å². The molecule has 1 fully saturated rings. The Morgan fingerprint density at radius 3 is 2.78 bits per heavy atom. The van der Waals surface area contributed by atoms with Crippen molar-refractivity contribution in [3.63, 3.8) is 0 Å². The third kappa shape index (κ3) is 3.45. The summed E-state index contributed by atoms with van der Waals surface area (Å²) >= 11 is 0. The molecule has 1 heterocycles. The van der Waals surface area contributed by atoms with Gasteiger partial charge in [0.1, 0.15) is 5.82 Å². The Hall–Kier alpha value is -1.09. The molecule has 1 aliphatic rings. The predicted molar refractivity (Wildman–Crippen MR) is 76.7 cm³/mol. The minimum absolute atomic E-state index is 0.0785. The average Bonchev–Trinajstić information content (AvgIpc) is 2.40. The largest absolute Gasteiger partial charge is 0.359 e. The molecule has 100 valence electrons. The van der Waals surface area contributed by atoms with Crippen LogP contribution in [-0.2, 0) is 0 Å². The fourth-order valence-corrected chi connectivity index (χ4v) is 2.78. The molecule has 0 aromatic carbocycles. The van der Waals surface area contributed by atoms with Crippen LogP contribution in [0.15, 0.2) is 18.3 Å². The van der Waals surface area contributed by atoms with Gasteiger partial charge in [-0.3, -0.25) is 0 Å². The SMILES string of the molecule is CC(N)c1ccnc(N(C)CC2CCCCC2)c1. The molecule has 0 saturated heterocycles.